The van der Waals surface area contributed by atoms with E-state index in [9.17, 15) is 14.0 Å². The molecule has 4 rings (SSSR count). The maximum atomic E-state index is 13.9. The molecule has 0 amide bonds. The molecule has 8 nitrogen and oxygen atoms in total. The van der Waals surface area contributed by atoms with Crippen LogP contribution in [-0.2, 0) is 9.57 Å². The highest BCUT2D eigenvalue weighted by Gasteiger charge is 2.30. The molecule has 0 fully saturated rings. The van der Waals surface area contributed by atoms with Crippen LogP contribution in [0, 0.1) is 11.7 Å². The number of esters is 1. The Balaban J connectivity index is 1.70. The number of halogens is 1. The fourth-order valence-corrected chi connectivity index (χ4v) is 3.39. The largest absolute Gasteiger partial charge is 0.464 e. The summed E-state index contributed by atoms with van der Waals surface area (Å²) in [6, 6.07) is 12.1. The van der Waals surface area contributed by atoms with Gasteiger partial charge in [0.05, 0.1) is 12.7 Å². The molecule has 0 aliphatic heterocycles. The Morgan fingerprint density at radius 2 is 1.88 bits per heavy atom. The number of hydroxylamine groups is 1. The summed E-state index contributed by atoms with van der Waals surface area (Å²) in [5.74, 6) is -1.62. The monoisotopic (exact) mass is 451 g/mol. The summed E-state index contributed by atoms with van der Waals surface area (Å²) in [5, 5.41) is 0.521. The summed E-state index contributed by atoms with van der Waals surface area (Å²) in [6.07, 6.45) is 1.61. The van der Waals surface area contributed by atoms with Gasteiger partial charge in [-0.05, 0) is 36.2 Å². The molecule has 0 saturated heterocycles. The summed E-state index contributed by atoms with van der Waals surface area (Å²) < 4.78 is 24.7. The lowest BCUT2D eigenvalue weighted by atomic mass is 10.1. The fourth-order valence-electron chi connectivity index (χ4n) is 3.39. The molecule has 2 aromatic carbocycles. The first-order valence-electron chi connectivity index (χ1n) is 10.3. The molecule has 4 aromatic rings. The molecule has 2 heterocycles. The molecule has 1 atom stereocenters. The van der Waals surface area contributed by atoms with E-state index in [0.29, 0.717) is 22.0 Å². The van der Waals surface area contributed by atoms with E-state index < -0.39 is 23.8 Å². The first-order chi connectivity index (χ1) is 15.9. The van der Waals surface area contributed by atoms with Gasteiger partial charge in [-0.15, -0.1) is 5.48 Å². The molecule has 33 heavy (non-hydrogen) atoms. The normalized spacial score (nSPS) is 12.2. The van der Waals surface area contributed by atoms with Gasteiger partial charge in [-0.1, -0.05) is 32.0 Å². The minimum atomic E-state index is -0.713. The number of ether oxygens (including phenoxy) is 1. The topological polar surface area (TPSA) is 106 Å². The van der Waals surface area contributed by atoms with Gasteiger partial charge < -0.3 is 19.0 Å². The van der Waals surface area contributed by atoms with Crippen LogP contribution in [0.1, 0.15) is 46.6 Å². The van der Waals surface area contributed by atoms with Crippen molar-refractivity contribution in [1.82, 2.24) is 15.4 Å². The quantitative estimate of drug-likeness (QED) is 0.307. The Morgan fingerprint density at radius 1 is 1.12 bits per heavy atom. The number of methoxy groups -OCH3 is 1. The van der Waals surface area contributed by atoms with E-state index in [2.05, 4.69) is 15.4 Å². The Hall–Kier alpha value is -3.98. The first-order valence-corrected chi connectivity index (χ1v) is 10.3. The Morgan fingerprint density at radius 3 is 2.58 bits per heavy atom. The average molecular weight is 451 g/mol. The van der Waals surface area contributed by atoms with Gasteiger partial charge in [0.15, 0.2) is 11.5 Å². The third kappa shape index (κ3) is 4.49. The number of aromatic nitrogens is 2. The molecule has 0 unspecified atom stereocenters. The molecular weight excluding hydrogens is 429 g/mol. The zero-order valence-corrected chi connectivity index (χ0v) is 18.2. The van der Waals surface area contributed by atoms with Crippen LogP contribution < -0.4 is 5.48 Å². The zero-order chi connectivity index (χ0) is 23.5. The number of carbonyl (C=O) groups excluding carboxylic acids is 2. The van der Waals surface area contributed by atoms with E-state index in [0.717, 1.165) is 0 Å². The number of nitrogens with zero attached hydrogens (tertiary/aromatic N) is 1. The van der Waals surface area contributed by atoms with Crippen LogP contribution in [0.15, 0.2) is 59.1 Å². The van der Waals surface area contributed by atoms with E-state index in [-0.39, 0.29) is 23.3 Å². The number of oxazole rings is 1. The number of nitrogens with one attached hydrogen (secondary N) is 2. The second kappa shape index (κ2) is 9.25. The van der Waals surface area contributed by atoms with Crippen LogP contribution in [0.5, 0.6) is 0 Å². The highest BCUT2D eigenvalue weighted by Crippen LogP contribution is 2.35. The maximum Gasteiger partial charge on any atom is 0.360 e. The molecule has 0 aliphatic carbocycles. The molecule has 9 heteroatoms. The summed E-state index contributed by atoms with van der Waals surface area (Å²) in [6.45, 7) is 3.74. The van der Waals surface area contributed by atoms with Gasteiger partial charge in [-0.3, -0.25) is 0 Å². The standard InChI is InChI=1S/C24H22FN3O5/c1-13(2)19(28-33-23(29)14-7-5-4-6-8-14)22-27-20(24(30)31-3)21(32-22)17-12-26-18-10-9-15(25)11-16(17)18/h4-13,19,26,28H,1-3H3/t19-/m0/s1. The Labute approximate surface area is 188 Å². The number of hydrogen-bond donors (Lipinski definition) is 2. The third-order valence-electron chi connectivity index (χ3n) is 5.13. The van der Waals surface area contributed by atoms with Crippen LogP contribution in [0.4, 0.5) is 4.39 Å². The van der Waals surface area contributed by atoms with E-state index in [1.165, 1.54) is 19.2 Å². The predicted molar refractivity (Wildman–Crippen MR) is 118 cm³/mol. The van der Waals surface area contributed by atoms with Crippen molar-refractivity contribution in [2.24, 2.45) is 5.92 Å². The minimum Gasteiger partial charge on any atom is -0.464 e. The van der Waals surface area contributed by atoms with Crippen LogP contribution >= 0.6 is 0 Å². The van der Waals surface area contributed by atoms with Crippen LogP contribution in [0.3, 0.4) is 0 Å². The highest BCUT2D eigenvalue weighted by atomic mass is 19.1. The van der Waals surface area contributed by atoms with Gasteiger partial charge in [-0.2, -0.15) is 0 Å². The van der Waals surface area contributed by atoms with Crippen molar-refractivity contribution in [2.45, 2.75) is 19.9 Å². The number of rotatable bonds is 7. The average Bonchev–Trinajstić information content (AvgIpc) is 3.43. The van der Waals surface area contributed by atoms with Gasteiger partial charge in [-0.25, -0.2) is 19.0 Å². The molecule has 0 saturated carbocycles. The van der Waals surface area contributed by atoms with Gasteiger partial charge in [0.25, 0.3) is 0 Å². The number of carbonyl (C=O) groups is 2. The summed E-state index contributed by atoms with van der Waals surface area (Å²) in [4.78, 5) is 37.4. The number of benzene rings is 2. The lowest BCUT2D eigenvalue weighted by Gasteiger charge is -2.18. The Bertz CT molecular complexity index is 1300. The number of hydrogen-bond acceptors (Lipinski definition) is 7. The number of H-pyrrole nitrogens is 1. The van der Waals surface area contributed by atoms with E-state index in [1.807, 2.05) is 13.8 Å². The van der Waals surface area contributed by atoms with E-state index in [4.69, 9.17) is 14.0 Å². The minimum absolute atomic E-state index is 0.0699. The van der Waals surface area contributed by atoms with Crippen molar-refractivity contribution in [2.75, 3.05) is 7.11 Å². The maximum absolute atomic E-state index is 13.9. The van der Waals surface area contributed by atoms with Gasteiger partial charge >= 0.3 is 11.9 Å². The van der Waals surface area contributed by atoms with Crippen molar-refractivity contribution in [3.8, 4) is 11.3 Å². The molecule has 0 aliphatic rings. The SMILES string of the molecule is COC(=O)c1nc([C@@H](NOC(=O)c2ccccc2)C(C)C)oc1-c1c[nH]c2ccc(F)cc12. The van der Waals surface area contributed by atoms with Crippen LogP contribution in [0.25, 0.3) is 22.2 Å². The van der Waals surface area contributed by atoms with Crippen molar-refractivity contribution < 1.29 is 28.0 Å². The molecule has 2 aromatic heterocycles. The fraction of sp³-hybridized carbons (Fsp3) is 0.208. The van der Waals surface area contributed by atoms with Crippen molar-refractivity contribution >= 4 is 22.8 Å². The van der Waals surface area contributed by atoms with Gasteiger partial charge in [0.1, 0.15) is 11.9 Å². The predicted octanol–water partition coefficient (Wildman–Crippen LogP) is 4.81. The van der Waals surface area contributed by atoms with E-state index in [1.54, 1.807) is 42.6 Å². The Kier molecular flexibility index (Phi) is 6.23. The lowest BCUT2D eigenvalue weighted by Crippen LogP contribution is -2.29. The molecule has 170 valence electrons. The van der Waals surface area contributed by atoms with Crippen molar-refractivity contribution in [3.63, 3.8) is 0 Å². The molecule has 0 bridgehead atoms. The van der Waals surface area contributed by atoms with Crippen LogP contribution in [0.2, 0.25) is 0 Å². The molecule has 2 N–H and O–H groups in total. The summed E-state index contributed by atoms with van der Waals surface area (Å²) in [7, 11) is 1.23. The molecular formula is C24H22FN3O5. The summed E-state index contributed by atoms with van der Waals surface area (Å²) in [5.41, 5.74) is 4.11. The van der Waals surface area contributed by atoms with Crippen LogP contribution in [-0.4, -0.2) is 29.0 Å². The first kappa shape index (κ1) is 22.2. The molecule has 0 radical (unpaired) electrons. The third-order valence-corrected chi connectivity index (χ3v) is 5.13. The number of fused-ring (bicyclic) bond motifs is 1. The second-order valence-corrected chi connectivity index (χ2v) is 7.71. The highest BCUT2D eigenvalue weighted by molar-refractivity contribution is 6.01. The molecule has 0 spiro atoms. The number of aromatic amines is 1. The van der Waals surface area contributed by atoms with Crippen molar-refractivity contribution in [1.29, 1.82) is 0 Å². The smallest absolute Gasteiger partial charge is 0.360 e. The van der Waals surface area contributed by atoms with Gasteiger partial charge in [0.2, 0.25) is 5.89 Å². The van der Waals surface area contributed by atoms with Crippen molar-refractivity contribution in [3.05, 3.63) is 77.7 Å². The van der Waals surface area contributed by atoms with Gasteiger partial charge in [0, 0.05) is 22.7 Å². The lowest BCUT2D eigenvalue weighted by molar-refractivity contribution is 0.00634. The second-order valence-electron chi connectivity index (χ2n) is 7.71. The summed E-state index contributed by atoms with van der Waals surface area (Å²) >= 11 is 0. The zero-order valence-electron chi connectivity index (χ0n) is 18.2. The van der Waals surface area contributed by atoms with E-state index >= 15 is 0 Å².